The third-order valence-corrected chi connectivity index (χ3v) is 2.77. The van der Waals surface area contributed by atoms with Crippen LogP contribution in [-0.2, 0) is 4.79 Å². The van der Waals surface area contributed by atoms with Crippen LogP contribution in [0, 0.1) is 5.92 Å². The molecule has 1 rings (SSSR count). The van der Waals surface area contributed by atoms with Crippen LogP contribution in [0.25, 0.3) is 0 Å². The van der Waals surface area contributed by atoms with Gasteiger partial charge in [0.1, 0.15) is 6.29 Å². The molecule has 2 heteroatoms. The predicted molar refractivity (Wildman–Crippen MR) is 40.6 cm³/mol. The number of carbonyl (C=O) groups excluding carboxylic acids is 1. The minimum Gasteiger partial charge on any atom is -0.298 e. The summed E-state index contributed by atoms with van der Waals surface area (Å²) in [6.07, 6.45) is 2.03. The highest BCUT2D eigenvalue weighted by Gasteiger charge is 2.17. The first kappa shape index (κ1) is 6.87. The first-order chi connectivity index (χ1) is 4.34. The summed E-state index contributed by atoms with van der Waals surface area (Å²) in [6.45, 7) is 3.67. The first-order valence-electron chi connectivity index (χ1n) is 3.06. The minimum atomic E-state index is 0.479. The van der Waals surface area contributed by atoms with Crippen molar-refractivity contribution in [3.8, 4) is 0 Å². The lowest BCUT2D eigenvalue weighted by atomic mass is 10.0. The Bertz CT molecular complexity index is 125. The van der Waals surface area contributed by atoms with Gasteiger partial charge in [-0.15, -0.1) is 0 Å². The summed E-state index contributed by atoms with van der Waals surface area (Å²) in [5, 5.41) is 0. The zero-order valence-corrected chi connectivity index (χ0v) is 6.12. The molecule has 1 unspecified atom stereocenters. The second-order valence-corrected chi connectivity index (χ2v) is 3.40. The molecule has 1 nitrogen and oxygen atoms in total. The molecule has 1 aliphatic heterocycles. The van der Waals surface area contributed by atoms with Gasteiger partial charge in [-0.1, -0.05) is 6.58 Å². The van der Waals surface area contributed by atoms with E-state index in [1.807, 2.05) is 11.8 Å². The number of allylic oxidation sites excluding steroid dienone is 1. The summed E-state index contributed by atoms with van der Waals surface area (Å²) in [6, 6.07) is 0. The van der Waals surface area contributed by atoms with Gasteiger partial charge in [-0.3, -0.25) is 4.79 Å². The van der Waals surface area contributed by atoms with Gasteiger partial charge in [-0.05, 0) is 23.7 Å². The van der Waals surface area contributed by atoms with Gasteiger partial charge in [0.25, 0.3) is 0 Å². The van der Waals surface area contributed by atoms with Crippen molar-refractivity contribution in [2.75, 3.05) is 11.5 Å². The highest BCUT2D eigenvalue weighted by Crippen LogP contribution is 2.27. The Kier molecular flexibility index (Phi) is 2.34. The lowest BCUT2D eigenvalue weighted by molar-refractivity contribution is -0.105. The van der Waals surface area contributed by atoms with E-state index in [4.69, 9.17) is 0 Å². The average Bonchev–Trinajstić information content (AvgIpc) is 2.37. The van der Waals surface area contributed by atoms with Crippen molar-refractivity contribution >= 4 is 18.0 Å². The first-order valence-corrected chi connectivity index (χ1v) is 4.22. The SMILES string of the molecule is C=C(C=O)C1CCSC1. The van der Waals surface area contributed by atoms with Gasteiger partial charge in [0, 0.05) is 5.75 Å². The molecule has 1 atom stereocenters. The highest BCUT2D eigenvalue weighted by atomic mass is 32.2. The van der Waals surface area contributed by atoms with E-state index >= 15 is 0 Å². The normalized spacial score (nSPS) is 26.0. The standard InChI is InChI=1S/C7H10OS/c1-6(4-8)7-2-3-9-5-7/h4,7H,1-3,5H2. The van der Waals surface area contributed by atoms with Gasteiger partial charge in [-0.25, -0.2) is 0 Å². The summed E-state index contributed by atoms with van der Waals surface area (Å²) in [5.74, 6) is 2.77. The Morgan fingerprint density at radius 1 is 1.78 bits per heavy atom. The summed E-state index contributed by atoms with van der Waals surface area (Å²) in [7, 11) is 0. The van der Waals surface area contributed by atoms with E-state index in [1.165, 1.54) is 5.75 Å². The van der Waals surface area contributed by atoms with Gasteiger partial charge in [0.15, 0.2) is 0 Å². The van der Waals surface area contributed by atoms with Crippen LogP contribution >= 0.6 is 11.8 Å². The number of hydrogen-bond acceptors (Lipinski definition) is 2. The van der Waals surface area contributed by atoms with Crippen LogP contribution in [0.5, 0.6) is 0 Å². The van der Waals surface area contributed by atoms with E-state index in [0.29, 0.717) is 5.92 Å². The molecule has 1 heterocycles. The highest BCUT2D eigenvalue weighted by molar-refractivity contribution is 7.99. The smallest absolute Gasteiger partial charge is 0.145 e. The lowest BCUT2D eigenvalue weighted by Gasteiger charge is -2.02. The van der Waals surface area contributed by atoms with Crippen molar-refractivity contribution in [2.24, 2.45) is 5.92 Å². The van der Waals surface area contributed by atoms with Crippen LogP contribution < -0.4 is 0 Å². The Morgan fingerprint density at radius 3 is 3.00 bits per heavy atom. The second-order valence-electron chi connectivity index (χ2n) is 2.25. The summed E-state index contributed by atoms with van der Waals surface area (Å²) in [4.78, 5) is 10.2. The zero-order chi connectivity index (χ0) is 6.69. The average molecular weight is 142 g/mol. The maximum atomic E-state index is 10.2. The van der Waals surface area contributed by atoms with Gasteiger partial charge < -0.3 is 0 Å². The van der Waals surface area contributed by atoms with Crippen molar-refractivity contribution in [3.63, 3.8) is 0 Å². The van der Waals surface area contributed by atoms with Crippen molar-refractivity contribution in [1.82, 2.24) is 0 Å². The molecule has 0 N–H and O–H groups in total. The van der Waals surface area contributed by atoms with Crippen molar-refractivity contribution < 1.29 is 4.79 Å². The Morgan fingerprint density at radius 2 is 2.56 bits per heavy atom. The van der Waals surface area contributed by atoms with Crippen molar-refractivity contribution in [2.45, 2.75) is 6.42 Å². The number of carbonyl (C=O) groups is 1. The van der Waals surface area contributed by atoms with E-state index in [2.05, 4.69) is 6.58 Å². The Balaban J connectivity index is 2.41. The lowest BCUT2D eigenvalue weighted by Crippen LogP contribution is -2.01. The number of thioether (sulfide) groups is 1. The van der Waals surface area contributed by atoms with Crippen LogP contribution in [-0.4, -0.2) is 17.8 Å². The van der Waals surface area contributed by atoms with Gasteiger partial charge >= 0.3 is 0 Å². The van der Waals surface area contributed by atoms with Crippen LogP contribution in [0.3, 0.4) is 0 Å². The van der Waals surface area contributed by atoms with Gasteiger partial charge in [0.2, 0.25) is 0 Å². The zero-order valence-electron chi connectivity index (χ0n) is 5.30. The summed E-state index contributed by atoms with van der Waals surface area (Å²) >= 11 is 1.91. The van der Waals surface area contributed by atoms with E-state index in [9.17, 15) is 4.79 Å². The topological polar surface area (TPSA) is 17.1 Å². The molecule has 0 aromatic heterocycles. The molecular weight excluding hydrogens is 132 g/mol. The molecule has 0 spiro atoms. The molecule has 0 aromatic carbocycles. The van der Waals surface area contributed by atoms with E-state index in [-0.39, 0.29) is 0 Å². The van der Waals surface area contributed by atoms with Crippen LogP contribution in [0.2, 0.25) is 0 Å². The second kappa shape index (κ2) is 3.06. The number of hydrogen-bond donors (Lipinski definition) is 0. The van der Waals surface area contributed by atoms with E-state index in [1.54, 1.807) is 0 Å². The molecule has 1 saturated heterocycles. The fourth-order valence-corrected chi connectivity index (χ4v) is 2.21. The molecule has 0 radical (unpaired) electrons. The van der Waals surface area contributed by atoms with Crippen LogP contribution in [0.4, 0.5) is 0 Å². The molecule has 0 saturated carbocycles. The molecule has 50 valence electrons. The van der Waals surface area contributed by atoms with E-state index in [0.717, 1.165) is 24.0 Å². The minimum absolute atomic E-state index is 0.479. The van der Waals surface area contributed by atoms with Gasteiger partial charge in [0.05, 0.1) is 0 Å². The number of rotatable bonds is 2. The maximum absolute atomic E-state index is 10.2. The molecular formula is C7H10OS. The fraction of sp³-hybridized carbons (Fsp3) is 0.571. The van der Waals surface area contributed by atoms with Crippen LogP contribution in [0.1, 0.15) is 6.42 Å². The van der Waals surface area contributed by atoms with Crippen molar-refractivity contribution in [1.29, 1.82) is 0 Å². The largest absolute Gasteiger partial charge is 0.298 e. The third kappa shape index (κ3) is 1.58. The molecule has 0 aliphatic carbocycles. The quantitative estimate of drug-likeness (QED) is 0.429. The molecule has 0 bridgehead atoms. The predicted octanol–water partition coefficient (Wildman–Crippen LogP) is 1.49. The Hall–Kier alpha value is -0.240. The maximum Gasteiger partial charge on any atom is 0.145 e. The molecule has 1 fully saturated rings. The van der Waals surface area contributed by atoms with Crippen molar-refractivity contribution in [3.05, 3.63) is 12.2 Å². The molecule has 0 amide bonds. The Labute approximate surface area is 59.5 Å². The number of aldehydes is 1. The summed E-state index contributed by atoms with van der Waals surface area (Å²) in [5.41, 5.74) is 0.778. The fourth-order valence-electron chi connectivity index (χ4n) is 0.923. The monoisotopic (exact) mass is 142 g/mol. The van der Waals surface area contributed by atoms with E-state index < -0.39 is 0 Å². The summed E-state index contributed by atoms with van der Waals surface area (Å²) < 4.78 is 0. The molecule has 9 heavy (non-hydrogen) atoms. The molecule has 0 aromatic rings. The van der Waals surface area contributed by atoms with Gasteiger partial charge in [-0.2, -0.15) is 11.8 Å². The third-order valence-electron chi connectivity index (χ3n) is 1.61. The molecule has 1 aliphatic rings. The van der Waals surface area contributed by atoms with Crippen LogP contribution in [0.15, 0.2) is 12.2 Å².